The van der Waals surface area contributed by atoms with Gasteiger partial charge in [-0.2, -0.15) is 0 Å². The third-order valence-corrected chi connectivity index (χ3v) is 4.39. The fraction of sp³-hybridized carbons (Fsp3) is 0.375. The Labute approximate surface area is 134 Å². The van der Waals surface area contributed by atoms with Crippen LogP contribution in [0.5, 0.6) is 5.75 Å². The summed E-state index contributed by atoms with van der Waals surface area (Å²) in [6, 6.07) is 11.6. The van der Waals surface area contributed by atoms with Crippen LogP contribution in [0.3, 0.4) is 0 Å². The van der Waals surface area contributed by atoms with Crippen LogP contribution in [0.4, 0.5) is 0 Å². The van der Waals surface area contributed by atoms with Gasteiger partial charge in [-0.1, -0.05) is 24.6 Å². The van der Waals surface area contributed by atoms with Crippen molar-refractivity contribution in [1.29, 1.82) is 0 Å². The largest absolute Gasteiger partial charge is 0.491 e. The van der Waals surface area contributed by atoms with Crippen LogP contribution in [0.1, 0.15) is 24.3 Å². The smallest absolute Gasteiger partial charge is 0.119 e. The van der Waals surface area contributed by atoms with Crippen molar-refractivity contribution in [3.63, 3.8) is 0 Å². The van der Waals surface area contributed by atoms with E-state index in [-0.39, 0.29) is 12.6 Å². The Morgan fingerprint density at radius 1 is 1.29 bits per heavy atom. The third-order valence-electron chi connectivity index (χ3n) is 3.15. The monoisotopic (exact) mass is 325 g/mol. The van der Waals surface area contributed by atoms with Crippen LogP contribution in [-0.4, -0.2) is 24.4 Å². The topological polar surface area (TPSA) is 41.5 Å². The first-order valence-corrected chi connectivity index (χ1v) is 8.28. The fourth-order valence-electron chi connectivity index (χ4n) is 2.00. The molecular formula is C16H20ClNO2S. The van der Waals surface area contributed by atoms with Gasteiger partial charge in [0.05, 0.1) is 0 Å². The number of aliphatic hydroxyl groups is 1. The molecule has 2 aromatic rings. The highest BCUT2D eigenvalue weighted by Crippen LogP contribution is 2.21. The molecule has 0 saturated heterocycles. The number of halogens is 1. The fourth-order valence-corrected chi connectivity index (χ4v) is 3.01. The van der Waals surface area contributed by atoms with E-state index in [1.165, 1.54) is 4.88 Å². The summed E-state index contributed by atoms with van der Waals surface area (Å²) in [5.41, 5.74) is 0. The summed E-state index contributed by atoms with van der Waals surface area (Å²) in [5.74, 6) is 0.712. The van der Waals surface area contributed by atoms with Crippen LogP contribution in [0.15, 0.2) is 41.8 Å². The van der Waals surface area contributed by atoms with E-state index in [9.17, 15) is 5.11 Å². The molecule has 0 saturated carbocycles. The van der Waals surface area contributed by atoms with E-state index < -0.39 is 6.10 Å². The van der Waals surface area contributed by atoms with E-state index in [0.717, 1.165) is 6.42 Å². The van der Waals surface area contributed by atoms with Crippen LogP contribution >= 0.6 is 22.9 Å². The SMILES string of the molecule is CCC(NCC(O)COc1ccc(Cl)cc1)c1cccs1. The summed E-state index contributed by atoms with van der Waals surface area (Å²) in [6.45, 7) is 2.90. The molecular weight excluding hydrogens is 306 g/mol. The lowest BCUT2D eigenvalue weighted by Gasteiger charge is -2.18. The zero-order valence-corrected chi connectivity index (χ0v) is 13.5. The number of nitrogens with one attached hydrogen (secondary N) is 1. The second-order valence-corrected chi connectivity index (χ2v) is 6.22. The minimum atomic E-state index is -0.547. The van der Waals surface area contributed by atoms with Gasteiger partial charge in [0.1, 0.15) is 18.5 Å². The van der Waals surface area contributed by atoms with Crippen molar-refractivity contribution in [3.8, 4) is 5.75 Å². The molecule has 2 N–H and O–H groups in total. The summed E-state index contributed by atoms with van der Waals surface area (Å²) in [5, 5.41) is 16.1. The zero-order valence-electron chi connectivity index (χ0n) is 12.0. The Morgan fingerprint density at radius 2 is 2.05 bits per heavy atom. The first kappa shape index (κ1) is 16.3. The number of hydrogen-bond donors (Lipinski definition) is 2. The Bertz CT molecular complexity index is 516. The predicted molar refractivity (Wildman–Crippen MR) is 88.3 cm³/mol. The molecule has 0 bridgehead atoms. The molecule has 0 radical (unpaired) electrons. The quantitative estimate of drug-likeness (QED) is 0.774. The standard InChI is InChI=1S/C16H20ClNO2S/c1-2-15(16-4-3-9-21-16)18-10-13(19)11-20-14-7-5-12(17)6-8-14/h3-9,13,15,18-19H,2,10-11H2,1H3. The lowest BCUT2D eigenvalue weighted by Crippen LogP contribution is -2.33. The van der Waals surface area contributed by atoms with Gasteiger partial charge in [-0.3, -0.25) is 0 Å². The Morgan fingerprint density at radius 3 is 2.67 bits per heavy atom. The average molecular weight is 326 g/mol. The molecule has 1 aromatic carbocycles. The Kier molecular flexibility index (Phi) is 6.51. The Hall–Kier alpha value is -1.07. The van der Waals surface area contributed by atoms with E-state index in [1.807, 2.05) is 6.07 Å². The van der Waals surface area contributed by atoms with Gasteiger partial charge in [0.2, 0.25) is 0 Å². The van der Waals surface area contributed by atoms with Gasteiger partial charge in [-0.25, -0.2) is 0 Å². The van der Waals surface area contributed by atoms with E-state index in [1.54, 1.807) is 35.6 Å². The Balaban J connectivity index is 1.74. The summed E-state index contributed by atoms with van der Waals surface area (Å²) in [6.07, 6.45) is 0.445. The van der Waals surface area contributed by atoms with Gasteiger partial charge in [0.15, 0.2) is 0 Å². The van der Waals surface area contributed by atoms with Crippen molar-refractivity contribution >= 4 is 22.9 Å². The number of ether oxygens (including phenoxy) is 1. The van der Waals surface area contributed by atoms with Crippen molar-refractivity contribution in [1.82, 2.24) is 5.32 Å². The van der Waals surface area contributed by atoms with Crippen LogP contribution in [0.25, 0.3) is 0 Å². The molecule has 2 unspecified atom stereocenters. The van der Waals surface area contributed by atoms with Gasteiger partial charge < -0.3 is 15.2 Å². The molecule has 0 spiro atoms. The molecule has 5 heteroatoms. The van der Waals surface area contributed by atoms with Gasteiger partial charge >= 0.3 is 0 Å². The molecule has 2 atom stereocenters. The van der Waals surface area contributed by atoms with Crippen molar-refractivity contribution < 1.29 is 9.84 Å². The summed E-state index contributed by atoms with van der Waals surface area (Å²) < 4.78 is 5.53. The van der Waals surface area contributed by atoms with Crippen molar-refractivity contribution in [2.45, 2.75) is 25.5 Å². The first-order chi connectivity index (χ1) is 10.2. The zero-order chi connectivity index (χ0) is 15.1. The third kappa shape index (κ3) is 5.32. The molecule has 2 rings (SSSR count). The van der Waals surface area contributed by atoms with E-state index >= 15 is 0 Å². The molecule has 0 aliphatic rings. The summed E-state index contributed by atoms with van der Waals surface area (Å²) in [7, 11) is 0. The second kappa shape index (κ2) is 8.39. The maximum absolute atomic E-state index is 10.00. The molecule has 0 aliphatic carbocycles. The summed E-state index contributed by atoms with van der Waals surface area (Å²) in [4.78, 5) is 1.29. The number of benzene rings is 1. The van der Waals surface area contributed by atoms with Gasteiger partial charge in [0.25, 0.3) is 0 Å². The van der Waals surface area contributed by atoms with Crippen LogP contribution in [-0.2, 0) is 0 Å². The van der Waals surface area contributed by atoms with Crippen molar-refractivity contribution in [2.75, 3.05) is 13.2 Å². The van der Waals surface area contributed by atoms with Crippen molar-refractivity contribution in [3.05, 3.63) is 51.7 Å². The number of aliphatic hydroxyl groups excluding tert-OH is 1. The first-order valence-electron chi connectivity index (χ1n) is 7.02. The van der Waals surface area contributed by atoms with Gasteiger partial charge in [0, 0.05) is 22.5 Å². The molecule has 3 nitrogen and oxygen atoms in total. The maximum atomic E-state index is 10.00. The summed E-state index contributed by atoms with van der Waals surface area (Å²) >= 11 is 7.54. The lowest BCUT2D eigenvalue weighted by molar-refractivity contribution is 0.103. The molecule has 0 fully saturated rings. The lowest BCUT2D eigenvalue weighted by atomic mass is 10.2. The van der Waals surface area contributed by atoms with Crippen LogP contribution < -0.4 is 10.1 Å². The highest BCUT2D eigenvalue weighted by Gasteiger charge is 2.12. The molecule has 21 heavy (non-hydrogen) atoms. The van der Waals surface area contributed by atoms with Crippen molar-refractivity contribution in [2.24, 2.45) is 0 Å². The average Bonchev–Trinajstić information content (AvgIpc) is 3.01. The molecule has 114 valence electrons. The molecule has 1 heterocycles. The molecule has 0 aliphatic heterocycles. The highest BCUT2D eigenvalue weighted by molar-refractivity contribution is 7.10. The minimum Gasteiger partial charge on any atom is -0.491 e. The normalized spacial score (nSPS) is 13.9. The molecule has 0 amide bonds. The number of rotatable bonds is 8. The minimum absolute atomic E-state index is 0.259. The molecule has 1 aromatic heterocycles. The number of thiophene rings is 1. The highest BCUT2D eigenvalue weighted by atomic mass is 35.5. The van der Waals surface area contributed by atoms with Gasteiger partial charge in [-0.05, 0) is 42.1 Å². The number of hydrogen-bond acceptors (Lipinski definition) is 4. The van der Waals surface area contributed by atoms with Crippen LogP contribution in [0, 0.1) is 0 Å². The van der Waals surface area contributed by atoms with E-state index in [2.05, 4.69) is 23.7 Å². The van der Waals surface area contributed by atoms with Crippen LogP contribution in [0.2, 0.25) is 5.02 Å². The predicted octanol–water partition coefficient (Wildman–Crippen LogP) is 3.88. The second-order valence-electron chi connectivity index (χ2n) is 4.80. The maximum Gasteiger partial charge on any atom is 0.119 e. The van der Waals surface area contributed by atoms with E-state index in [0.29, 0.717) is 17.3 Å². The van der Waals surface area contributed by atoms with E-state index in [4.69, 9.17) is 16.3 Å². The van der Waals surface area contributed by atoms with Gasteiger partial charge in [-0.15, -0.1) is 11.3 Å².